The van der Waals surface area contributed by atoms with Crippen molar-refractivity contribution in [1.82, 2.24) is 20.4 Å². The maximum atomic E-state index is 12.8. The Morgan fingerprint density at radius 2 is 2.11 bits per heavy atom. The van der Waals surface area contributed by atoms with Crippen molar-refractivity contribution in [2.24, 2.45) is 0 Å². The number of nitrogens with one attached hydrogen (secondary N) is 1. The summed E-state index contributed by atoms with van der Waals surface area (Å²) in [6.07, 6.45) is 4.31. The van der Waals surface area contributed by atoms with Gasteiger partial charge >= 0.3 is 6.03 Å². The van der Waals surface area contributed by atoms with Gasteiger partial charge in [0.2, 0.25) is 5.89 Å². The molecule has 2 aromatic rings. The van der Waals surface area contributed by atoms with Crippen LogP contribution >= 0.6 is 0 Å². The molecule has 1 aromatic heterocycles. The van der Waals surface area contributed by atoms with Crippen LogP contribution in [0.15, 0.2) is 28.8 Å². The predicted octanol–water partition coefficient (Wildman–Crippen LogP) is 2.85. The van der Waals surface area contributed by atoms with Crippen LogP contribution in [0.1, 0.15) is 48.9 Å². The average molecular weight is 386 g/mol. The monoisotopic (exact) mass is 386 g/mol. The van der Waals surface area contributed by atoms with E-state index in [2.05, 4.69) is 15.5 Å². The van der Waals surface area contributed by atoms with Crippen molar-refractivity contribution in [2.75, 3.05) is 20.3 Å². The van der Waals surface area contributed by atoms with Gasteiger partial charge < -0.3 is 24.2 Å². The van der Waals surface area contributed by atoms with Crippen molar-refractivity contribution in [2.45, 2.75) is 50.8 Å². The fraction of sp³-hybridized carbons (Fsp3) is 0.550. The SMILES string of the molecule is COc1ccc(CN(C[C@@H]2CCCO2)C(=O)NCc2nc(C3CC3)no2)cc1. The van der Waals surface area contributed by atoms with Crippen LogP contribution < -0.4 is 10.1 Å². The summed E-state index contributed by atoms with van der Waals surface area (Å²) in [4.78, 5) is 19.0. The Hall–Kier alpha value is -2.61. The molecule has 2 aliphatic rings. The van der Waals surface area contributed by atoms with Crippen molar-refractivity contribution in [3.8, 4) is 5.75 Å². The molecule has 2 fully saturated rings. The number of methoxy groups -OCH3 is 1. The lowest BCUT2D eigenvalue weighted by molar-refractivity contribution is 0.0792. The van der Waals surface area contributed by atoms with Crippen molar-refractivity contribution < 1.29 is 18.8 Å². The molecule has 4 rings (SSSR count). The second kappa shape index (κ2) is 8.60. The first-order chi connectivity index (χ1) is 13.7. The van der Waals surface area contributed by atoms with Gasteiger partial charge in [-0.05, 0) is 43.4 Å². The van der Waals surface area contributed by atoms with E-state index in [1.807, 2.05) is 24.3 Å². The van der Waals surface area contributed by atoms with E-state index in [1.54, 1.807) is 12.0 Å². The van der Waals surface area contributed by atoms with Gasteiger partial charge in [0.05, 0.1) is 19.8 Å². The van der Waals surface area contributed by atoms with E-state index < -0.39 is 0 Å². The lowest BCUT2D eigenvalue weighted by Crippen LogP contribution is -2.43. The van der Waals surface area contributed by atoms with E-state index in [1.165, 1.54) is 0 Å². The van der Waals surface area contributed by atoms with Gasteiger partial charge in [0.1, 0.15) is 5.75 Å². The van der Waals surface area contributed by atoms with Crippen LogP contribution in [0.5, 0.6) is 5.75 Å². The predicted molar refractivity (Wildman–Crippen MR) is 101 cm³/mol. The van der Waals surface area contributed by atoms with Gasteiger partial charge in [-0.3, -0.25) is 0 Å². The number of hydrogen-bond acceptors (Lipinski definition) is 6. The first-order valence-corrected chi connectivity index (χ1v) is 9.81. The summed E-state index contributed by atoms with van der Waals surface area (Å²) >= 11 is 0. The molecule has 1 atom stereocenters. The average Bonchev–Trinajstić information content (AvgIpc) is 3.24. The van der Waals surface area contributed by atoms with Gasteiger partial charge in [-0.1, -0.05) is 17.3 Å². The molecule has 28 heavy (non-hydrogen) atoms. The third-order valence-corrected chi connectivity index (χ3v) is 5.08. The van der Waals surface area contributed by atoms with Crippen LogP contribution in [0.25, 0.3) is 0 Å². The molecular formula is C20H26N4O4. The minimum Gasteiger partial charge on any atom is -0.497 e. The Bertz CT molecular complexity index is 782. The number of urea groups is 1. The van der Waals surface area contributed by atoms with Gasteiger partial charge in [-0.25, -0.2) is 4.79 Å². The van der Waals surface area contributed by atoms with E-state index in [0.29, 0.717) is 24.9 Å². The van der Waals surface area contributed by atoms with Crippen LogP contribution in [0.3, 0.4) is 0 Å². The molecule has 2 heterocycles. The highest BCUT2D eigenvalue weighted by Crippen LogP contribution is 2.38. The minimum atomic E-state index is -0.169. The van der Waals surface area contributed by atoms with Crippen LogP contribution in [0.4, 0.5) is 4.79 Å². The topological polar surface area (TPSA) is 89.7 Å². The fourth-order valence-electron chi connectivity index (χ4n) is 3.31. The number of rotatable bonds is 8. The number of ether oxygens (including phenoxy) is 2. The molecule has 8 nitrogen and oxygen atoms in total. The molecule has 1 aliphatic heterocycles. The van der Waals surface area contributed by atoms with Gasteiger partial charge in [-0.15, -0.1) is 0 Å². The van der Waals surface area contributed by atoms with Crippen molar-refractivity contribution in [1.29, 1.82) is 0 Å². The highest BCUT2D eigenvalue weighted by molar-refractivity contribution is 5.74. The molecule has 1 aliphatic carbocycles. The quantitative estimate of drug-likeness (QED) is 0.750. The number of aromatic nitrogens is 2. The zero-order valence-corrected chi connectivity index (χ0v) is 16.1. The molecule has 1 saturated heterocycles. The summed E-state index contributed by atoms with van der Waals surface area (Å²) in [5.41, 5.74) is 1.03. The molecule has 1 aromatic carbocycles. The van der Waals surface area contributed by atoms with E-state index in [0.717, 1.165) is 49.4 Å². The Labute approximate surface area is 164 Å². The number of carbonyl (C=O) groups excluding carboxylic acids is 1. The first-order valence-electron chi connectivity index (χ1n) is 9.81. The lowest BCUT2D eigenvalue weighted by atomic mass is 10.2. The molecule has 8 heteroatoms. The van der Waals surface area contributed by atoms with E-state index in [9.17, 15) is 4.79 Å². The maximum absolute atomic E-state index is 12.8. The smallest absolute Gasteiger partial charge is 0.318 e. The Kier molecular flexibility index (Phi) is 5.76. The molecule has 0 unspecified atom stereocenters. The fourth-order valence-corrected chi connectivity index (χ4v) is 3.31. The van der Waals surface area contributed by atoms with Gasteiger partial charge in [0, 0.05) is 25.6 Å². The van der Waals surface area contributed by atoms with Crippen LogP contribution in [0, 0.1) is 0 Å². The van der Waals surface area contributed by atoms with Crippen molar-refractivity contribution >= 4 is 6.03 Å². The largest absolute Gasteiger partial charge is 0.497 e. The summed E-state index contributed by atoms with van der Waals surface area (Å²) in [5, 5.41) is 6.88. The van der Waals surface area contributed by atoms with Crippen LogP contribution in [0.2, 0.25) is 0 Å². The molecule has 150 valence electrons. The second-order valence-corrected chi connectivity index (χ2v) is 7.34. The second-order valence-electron chi connectivity index (χ2n) is 7.34. The third-order valence-electron chi connectivity index (χ3n) is 5.08. The molecule has 0 radical (unpaired) electrons. The molecule has 0 spiro atoms. The minimum absolute atomic E-state index is 0.0777. The zero-order valence-electron chi connectivity index (χ0n) is 16.1. The van der Waals surface area contributed by atoms with Crippen molar-refractivity contribution in [3.63, 3.8) is 0 Å². The third kappa shape index (κ3) is 4.81. The Morgan fingerprint density at radius 3 is 2.79 bits per heavy atom. The summed E-state index contributed by atoms with van der Waals surface area (Å²) in [6, 6.07) is 7.56. The van der Waals surface area contributed by atoms with Gasteiger partial charge in [-0.2, -0.15) is 4.98 Å². The van der Waals surface area contributed by atoms with Gasteiger partial charge in [0.15, 0.2) is 5.82 Å². The lowest BCUT2D eigenvalue weighted by Gasteiger charge is -2.25. The molecular weight excluding hydrogens is 360 g/mol. The van der Waals surface area contributed by atoms with E-state index >= 15 is 0 Å². The molecule has 0 bridgehead atoms. The molecule has 2 amide bonds. The number of benzene rings is 1. The number of carbonyl (C=O) groups is 1. The summed E-state index contributed by atoms with van der Waals surface area (Å²) < 4.78 is 16.2. The highest BCUT2D eigenvalue weighted by atomic mass is 16.5. The van der Waals surface area contributed by atoms with Crippen LogP contribution in [-0.4, -0.2) is 47.4 Å². The maximum Gasteiger partial charge on any atom is 0.318 e. The summed E-state index contributed by atoms with van der Waals surface area (Å²) in [6.45, 7) is 2.03. The standard InChI is InChI=1S/C20H26N4O4/c1-26-16-8-4-14(5-9-16)12-24(13-17-3-2-10-27-17)20(25)21-11-18-22-19(23-28-18)15-6-7-15/h4-5,8-9,15,17H,2-3,6-7,10-13H2,1H3,(H,21,25)/t17-/m0/s1. The summed E-state index contributed by atoms with van der Waals surface area (Å²) in [5.74, 6) is 2.41. The van der Waals surface area contributed by atoms with E-state index in [-0.39, 0.29) is 18.7 Å². The van der Waals surface area contributed by atoms with E-state index in [4.69, 9.17) is 14.0 Å². The number of nitrogens with zero attached hydrogens (tertiary/aromatic N) is 3. The van der Waals surface area contributed by atoms with Gasteiger partial charge in [0.25, 0.3) is 0 Å². The first kappa shape index (κ1) is 18.7. The molecule has 1 saturated carbocycles. The zero-order chi connectivity index (χ0) is 19.3. The normalized spacial score (nSPS) is 18.8. The Morgan fingerprint density at radius 1 is 1.29 bits per heavy atom. The van der Waals surface area contributed by atoms with Crippen LogP contribution in [-0.2, 0) is 17.8 Å². The highest BCUT2D eigenvalue weighted by Gasteiger charge is 2.29. The Balaban J connectivity index is 1.37. The number of amides is 2. The summed E-state index contributed by atoms with van der Waals surface area (Å²) in [7, 11) is 1.64. The molecule has 1 N–H and O–H groups in total. The number of hydrogen-bond donors (Lipinski definition) is 1. The van der Waals surface area contributed by atoms with Crippen molar-refractivity contribution in [3.05, 3.63) is 41.5 Å².